The largest absolute Gasteiger partial charge is 0.333 e. The number of hydrogen-bond acceptors (Lipinski definition) is 4. The first kappa shape index (κ1) is 17.9. The summed E-state index contributed by atoms with van der Waals surface area (Å²) in [4.78, 5) is 27.6. The zero-order valence-corrected chi connectivity index (χ0v) is 16.1. The molecule has 2 heterocycles. The van der Waals surface area contributed by atoms with E-state index in [0.29, 0.717) is 5.56 Å². The molecule has 0 aromatic heterocycles. The van der Waals surface area contributed by atoms with E-state index in [9.17, 15) is 18.0 Å². The number of hydrogen-bond donors (Lipinski definition) is 0. The van der Waals surface area contributed by atoms with Crippen LogP contribution in [0.25, 0.3) is 0 Å². The van der Waals surface area contributed by atoms with E-state index in [-0.39, 0.29) is 44.7 Å². The first-order valence-corrected chi connectivity index (χ1v) is 10.7. The molecule has 27 heavy (non-hydrogen) atoms. The number of likely N-dealkylation sites (tertiary alicyclic amines) is 1. The van der Waals surface area contributed by atoms with Gasteiger partial charge >= 0.3 is 0 Å². The van der Waals surface area contributed by atoms with Gasteiger partial charge in [0.2, 0.25) is 9.84 Å². The highest BCUT2D eigenvalue weighted by atomic mass is 32.2. The lowest BCUT2D eigenvalue weighted by Crippen LogP contribution is -2.47. The maximum atomic E-state index is 13.1. The van der Waals surface area contributed by atoms with Crippen LogP contribution in [-0.4, -0.2) is 37.1 Å². The number of ketones is 1. The topological polar surface area (TPSA) is 71.5 Å². The van der Waals surface area contributed by atoms with E-state index in [1.807, 2.05) is 18.7 Å². The third-order valence-electron chi connectivity index (χ3n) is 5.61. The Labute approximate surface area is 158 Å². The number of carbonyl (C=O) groups excluding carboxylic acids is 2. The first-order valence-electron chi connectivity index (χ1n) is 9.18. The zero-order chi connectivity index (χ0) is 19.3. The lowest BCUT2D eigenvalue weighted by Gasteiger charge is -2.39. The van der Waals surface area contributed by atoms with Gasteiger partial charge in [0, 0.05) is 28.8 Å². The Bertz CT molecular complexity index is 1050. The van der Waals surface area contributed by atoms with Crippen LogP contribution in [0.5, 0.6) is 0 Å². The minimum absolute atomic E-state index is 0.00630. The van der Waals surface area contributed by atoms with Crippen LogP contribution in [0.4, 0.5) is 0 Å². The van der Waals surface area contributed by atoms with Crippen molar-refractivity contribution >= 4 is 21.5 Å². The summed E-state index contributed by atoms with van der Waals surface area (Å²) < 4.78 is 26.1. The second-order valence-corrected chi connectivity index (χ2v) is 9.27. The highest BCUT2D eigenvalue weighted by Crippen LogP contribution is 2.35. The summed E-state index contributed by atoms with van der Waals surface area (Å²) in [5.74, 6) is -0.506. The molecular weight excluding hydrogens is 362 g/mol. The van der Waals surface area contributed by atoms with Gasteiger partial charge in [0.05, 0.1) is 9.79 Å². The van der Waals surface area contributed by atoms with Crippen LogP contribution in [0.1, 0.15) is 59.4 Å². The highest BCUT2D eigenvalue weighted by molar-refractivity contribution is 7.91. The van der Waals surface area contributed by atoms with Gasteiger partial charge in [-0.25, -0.2) is 8.42 Å². The molecule has 2 aromatic rings. The summed E-state index contributed by atoms with van der Waals surface area (Å²) in [7, 11) is -3.84. The minimum Gasteiger partial charge on any atom is -0.333 e. The number of sulfone groups is 1. The quantitative estimate of drug-likeness (QED) is 0.645. The number of carbonyl (C=O) groups is 2. The molecule has 0 N–H and O–H groups in total. The van der Waals surface area contributed by atoms with Crippen LogP contribution in [-0.2, 0) is 9.84 Å². The van der Waals surface area contributed by atoms with E-state index in [0.717, 1.165) is 19.3 Å². The normalized spacial score (nSPS) is 23.5. The monoisotopic (exact) mass is 383 g/mol. The third kappa shape index (κ3) is 2.70. The van der Waals surface area contributed by atoms with Crippen molar-refractivity contribution in [3.05, 3.63) is 59.2 Å². The lowest BCUT2D eigenvalue weighted by molar-refractivity contribution is 0.0510. The molecule has 1 amide bonds. The molecule has 140 valence electrons. The van der Waals surface area contributed by atoms with Crippen LogP contribution >= 0.6 is 0 Å². The predicted molar refractivity (Wildman–Crippen MR) is 101 cm³/mol. The molecule has 2 atom stereocenters. The fraction of sp³-hybridized carbons (Fsp3) is 0.333. The molecule has 0 bridgehead atoms. The van der Waals surface area contributed by atoms with E-state index < -0.39 is 9.84 Å². The van der Waals surface area contributed by atoms with Gasteiger partial charge in [-0.2, -0.15) is 0 Å². The van der Waals surface area contributed by atoms with Crippen LogP contribution < -0.4 is 0 Å². The number of nitrogens with zero attached hydrogens (tertiary/aromatic N) is 1. The maximum Gasteiger partial charge on any atom is 0.254 e. The van der Waals surface area contributed by atoms with Crippen LogP contribution in [0, 0.1) is 0 Å². The number of rotatable bonds is 1. The number of amides is 1. The van der Waals surface area contributed by atoms with Crippen molar-refractivity contribution in [3.63, 3.8) is 0 Å². The van der Waals surface area contributed by atoms with Crippen molar-refractivity contribution in [3.8, 4) is 0 Å². The molecule has 0 spiro atoms. The van der Waals surface area contributed by atoms with Crippen molar-refractivity contribution in [2.45, 2.75) is 55.0 Å². The van der Waals surface area contributed by atoms with Gasteiger partial charge in [-0.15, -0.1) is 0 Å². The van der Waals surface area contributed by atoms with Crippen molar-refractivity contribution in [2.24, 2.45) is 0 Å². The molecule has 1 fully saturated rings. The molecule has 0 unspecified atom stereocenters. The number of piperidine rings is 1. The minimum atomic E-state index is -3.84. The summed E-state index contributed by atoms with van der Waals surface area (Å²) >= 11 is 0. The molecule has 2 aromatic carbocycles. The van der Waals surface area contributed by atoms with Crippen LogP contribution in [0.3, 0.4) is 0 Å². The molecule has 1 saturated heterocycles. The molecule has 5 nitrogen and oxygen atoms in total. The Hall–Kier alpha value is -2.47. The van der Waals surface area contributed by atoms with Gasteiger partial charge in [-0.05, 0) is 63.4 Å². The van der Waals surface area contributed by atoms with Crippen LogP contribution in [0.2, 0.25) is 0 Å². The second-order valence-electron chi connectivity index (χ2n) is 7.38. The molecule has 0 radical (unpaired) electrons. The van der Waals surface area contributed by atoms with Crippen molar-refractivity contribution in [1.82, 2.24) is 4.90 Å². The number of fused-ring (bicyclic) bond motifs is 2. The Morgan fingerprint density at radius 1 is 0.963 bits per heavy atom. The third-order valence-corrected chi connectivity index (χ3v) is 7.46. The molecule has 2 aliphatic heterocycles. The average Bonchev–Trinajstić information content (AvgIpc) is 2.66. The molecular formula is C21H21NO4S. The molecule has 2 aliphatic rings. The zero-order valence-electron chi connectivity index (χ0n) is 15.3. The predicted octanol–water partition coefficient (Wildman–Crippen LogP) is 3.47. The van der Waals surface area contributed by atoms with E-state index in [1.54, 1.807) is 18.2 Å². The fourth-order valence-corrected chi connectivity index (χ4v) is 5.87. The van der Waals surface area contributed by atoms with E-state index in [2.05, 4.69) is 0 Å². The van der Waals surface area contributed by atoms with Crippen molar-refractivity contribution < 1.29 is 18.0 Å². The van der Waals surface area contributed by atoms with Gasteiger partial charge in [0.25, 0.3) is 5.91 Å². The van der Waals surface area contributed by atoms with E-state index >= 15 is 0 Å². The Balaban J connectivity index is 1.81. The van der Waals surface area contributed by atoms with Crippen LogP contribution in [0.15, 0.2) is 52.3 Å². The van der Waals surface area contributed by atoms with Crippen molar-refractivity contribution in [1.29, 1.82) is 0 Å². The second kappa shape index (κ2) is 6.30. The summed E-state index contributed by atoms with van der Waals surface area (Å²) in [5.41, 5.74) is 0.623. The lowest BCUT2D eigenvalue weighted by atomic mass is 9.95. The summed E-state index contributed by atoms with van der Waals surface area (Å²) in [6.07, 6.45) is 2.95. The first-order chi connectivity index (χ1) is 12.8. The summed E-state index contributed by atoms with van der Waals surface area (Å²) in [6, 6.07) is 10.8. The average molecular weight is 383 g/mol. The highest BCUT2D eigenvalue weighted by Gasteiger charge is 2.36. The Morgan fingerprint density at radius 3 is 2.30 bits per heavy atom. The smallest absolute Gasteiger partial charge is 0.254 e. The maximum absolute atomic E-state index is 13.1. The Kier molecular flexibility index (Phi) is 4.18. The SMILES string of the molecule is C[C@@H]1CCC[C@H](C)N1C(=O)c1ccc2c(c1)S(=O)(=O)c1ccccc1C2=O. The summed E-state index contributed by atoms with van der Waals surface area (Å²) in [5, 5.41) is 0. The molecule has 0 saturated carbocycles. The van der Waals surface area contributed by atoms with Crippen molar-refractivity contribution in [2.75, 3.05) is 0 Å². The Morgan fingerprint density at radius 2 is 1.59 bits per heavy atom. The molecule has 6 heteroatoms. The molecule has 4 rings (SSSR count). The fourth-order valence-electron chi connectivity index (χ4n) is 4.19. The van der Waals surface area contributed by atoms with E-state index in [4.69, 9.17) is 0 Å². The van der Waals surface area contributed by atoms with Gasteiger partial charge in [-0.1, -0.05) is 12.1 Å². The van der Waals surface area contributed by atoms with Gasteiger partial charge < -0.3 is 4.90 Å². The molecule has 0 aliphatic carbocycles. The summed E-state index contributed by atoms with van der Waals surface area (Å²) in [6.45, 7) is 4.03. The van der Waals surface area contributed by atoms with E-state index in [1.165, 1.54) is 24.3 Å². The standard InChI is InChI=1S/C21H21NO4S/c1-13-6-5-7-14(2)22(13)21(24)15-10-11-17-19(12-15)27(25,26)18-9-4-3-8-16(18)20(17)23/h3-4,8-14H,5-7H2,1-2H3/t13-,14+. The van der Waals surface area contributed by atoms with Gasteiger partial charge in [0.15, 0.2) is 5.78 Å². The van der Waals surface area contributed by atoms with Gasteiger partial charge in [0.1, 0.15) is 0 Å². The van der Waals surface area contributed by atoms with Gasteiger partial charge in [-0.3, -0.25) is 9.59 Å². The number of benzene rings is 2.